The second-order valence-corrected chi connectivity index (χ2v) is 18.8. The molecule has 2 aliphatic heterocycles. The molecule has 3 aromatic rings. The third-order valence-corrected chi connectivity index (χ3v) is 13.0. The van der Waals surface area contributed by atoms with Crippen molar-refractivity contribution < 1.29 is 51.4 Å². The summed E-state index contributed by atoms with van der Waals surface area (Å²) in [6.45, 7) is 8.77. The fraction of sp³-hybridized carbons (Fsp3) is 0.465. The summed E-state index contributed by atoms with van der Waals surface area (Å²) in [7, 11) is -2.43. The molecule has 0 radical (unpaired) electrons. The first kappa shape index (κ1) is 43.1. The smallest absolute Gasteiger partial charge is 0.408 e. The van der Waals surface area contributed by atoms with E-state index in [0.29, 0.717) is 40.9 Å². The molecule has 0 bridgehead atoms. The summed E-state index contributed by atoms with van der Waals surface area (Å²) in [5.74, 6) is -2.93. The Balaban J connectivity index is 1.21. The lowest BCUT2D eigenvalue weighted by Gasteiger charge is -2.31. The lowest BCUT2D eigenvalue weighted by Crippen LogP contribution is -2.58. The highest BCUT2D eigenvalue weighted by atomic mass is 32.2. The number of sulfonamides is 1. The van der Waals surface area contributed by atoms with Gasteiger partial charge in [-0.25, -0.2) is 18.2 Å². The molecule has 2 unspecified atom stereocenters. The minimum atomic E-state index is -3.97. The number of aromatic nitrogens is 1. The van der Waals surface area contributed by atoms with Gasteiger partial charge in [-0.05, 0) is 58.6 Å². The molecular weight excluding hydrogens is 809 g/mol. The van der Waals surface area contributed by atoms with Crippen LogP contribution in [-0.4, -0.2) is 114 Å². The van der Waals surface area contributed by atoms with Crippen molar-refractivity contribution in [3.8, 4) is 22.8 Å². The SMILES string of the molecule is C=CC1C[C@]1(NC(=O)[C@@H]1CC(Oc2cc(-c3ccccc3)nc3cc(OC)ccc23)CN1C(=O)[C@H](CCC(=O)N1CCC1=O)NC(=O)OC(C)(C)C)C(=O)NS(=O)(=O)C1CC1. The molecule has 1 aromatic heterocycles. The summed E-state index contributed by atoms with van der Waals surface area (Å²) < 4.78 is 45.4. The molecule has 18 heteroatoms. The van der Waals surface area contributed by atoms with Gasteiger partial charge in [0, 0.05) is 54.8 Å². The molecular formula is C43H50N6O11S. The van der Waals surface area contributed by atoms with Crippen molar-refractivity contribution in [3.63, 3.8) is 0 Å². The molecule has 3 N–H and O–H groups in total. The topological polar surface area (TPSA) is 220 Å². The maximum atomic E-state index is 14.7. The summed E-state index contributed by atoms with van der Waals surface area (Å²) in [5, 5.41) is 5.25. The molecule has 2 aliphatic carbocycles. The Morgan fingerprint density at radius 3 is 2.41 bits per heavy atom. The van der Waals surface area contributed by atoms with E-state index in [0.717, 1.165) is 10.5 Å². The fourth-order valence-corrected chi connectivity index (χ4v) is 8.98. The summed E-state index contributed by atoms with van der Waals surface area (Å²) in [6.07, 6.45) is 0.196. The van der Waals surface area contributed by atoms with Crippen LogP contribution >= 0.6 is 0 Å². The third-order valence-electron chi connectivity index (χ3n) is 11.2. The number of carbonyl (C=O) groups excluding carboxylic acids is 6. The number of nitrogens with one attached hydrogen (secondary N) is 3. The second-order valence-electron chi connectivity index (χ2n) is 16.8. The number of imide groups is 1. The Kier molecular flexibility index (Phi) is 11.8. The van der Waals surface area contributed by atoms with Crippen LogP contribution in [0.25, 0.3) is 22.2 Å². The number of hydrogen-bond acceptors (Lipinski definition) is 12. The number of benzene rings is 2. The van der Waals surface area contributed by atoms with Crippen LogP contribution in [0.2, 0.25) is 0 Å². The normalized spacial score (nSPS) is 22.7. The molecule has 4 aliphatic rings. The van der Waals surface area contributed by atoms with Gasteiger partial charge in [0.1, 0.15) is 40.8 Å². The molecule has 2 saturated heterocycles. The number of carbonyl (C=O) groups is 6. The first-order valence-corrected chi connectivity index (χ1v) is 21.8. The third kappa shape index (κ3) is 9.48. The Morgan fingerprint density at radius 2 is 1.80 bits per heavy atom. The molecule has 5 atom stereocenters. The van der Waals surface area contributed by atoms with Crippen molar-refractivity contribution in [1.82, 2.24) is 30.1 Å². The van der Waals surface area contributed by atoms with Crippen LogP contribution in [-0.2, 0) is 38.7 Å². The Morgan fingerprint density at radius 1 is 1.07 bits per heavy atom. The zero-order valence-corrected chi connectivity index (χ0v) is 35.3. The van der Waals surface area contributed by atoms with E-state index in [9.17, 15) is 37.2 Å². The standard InChI is InChI=1S/C43H50N6O11S/c1-6-26-23-43(26,40(54)47-61(56,57)29-13-14-29)46-38(52)34-21-28(59-35-22-32(25-10-8-7-9-11-25)44-33-20-27(58-5)12-15-30(33)35)24-49(34)39(53)31(45-41(55)60-42(2,3)4)16-17-36(50)48-19-18-37(48)51/h6-12,15,20,22,26,28-29,31,34H,1,13-14,16-19,21,23-24H2,2-5H3,(H,45,55)(H,46,52)(H,47,54)/t26?,28?,31-,34-,43+/m0/s1. The molecule has 7 rings (SSSR count). The number of pyridine rings is 1. The number of likely N-dealkylation sites (tertiary alicyclic amines) is 2. The van der Waals surface area contributed by atoms with Crippen LogP contribution in [0.4, 0.5) is 4.79 Å². The molecule has 17 nitrogen and oxygen atoms in total. The predicted octanol–water partition coefficient (Wildman–Crippen LogP) is 3.36. The number of alkyl carbamates (subject to hydrolysis) is 1. The molecule has 3 heterocycles. The average molecular weight is 859 g/mol. The maximum absolute atomic E-state index is 14.7. The summed E-state index contributed by atoms with van der Waals surface area (Å²) in [6, 6.07) is 13.8. The highest BCUT2D eigenvalue weighted by Crippen LogP contribution is 2.46. The van der Waals surface area contributed by atoms with Crippen LogP contribution in [0.15, 0.2) is 67.3 Å². The van der Waals surface area contributed by atoms with Gasteiger partial charge >= 0.3 is 6.09 Å². The van der Waals surface area contributed by atoms with E-state index in [-0.39, 0.29) is 51.1 Å². The van der Waals surface area contributed by atoms with Gasteiger partial charge in [0.2, 0.25) is 33.7 Å². The average Bonchev–Trinajstić information content (AvgIpc) is 4.14. The quantitative estimate of drug-likeness (QED) is 0.148. The van der Waals surface area contributed by atoms with Crippen LogP contribution in [0.5, 0.6) is 11.5 Å². The molecule has 324 valence electrons. The predicted molar refractivity (Wildman–Crippen MR) is 221 cm³/mol. The van der Waals surface area contributed by atoms with Gasteiger partial charge in [0.25, 0.3) is 5.91 Å². The zero-order valence-electron chi connectivity index (χ0n) is 34.5. The fourth-order valence-electron chi connectivity index (χ4n) is 7.62. The van der Waals surface area contributed by atoms with E-state index in [2.05, 4.69) is 21.9 Å². The van der Waals surface area contributed by atoms with Gasteiger partial charge in [-0.15, -0.1) is 6.58 Å². The molecule has 2 saturated carbocycles. The van der Waals surface area contributed by atoms with Gasteiger partial charge in [0.15, 0.2) is 0 Å². The molecule has 0 spiro atoms. The highest BCUT2D eigenvalue weighted by Gasteiger charge is 2.62. The van der Waals surface area contributed by atoms with Gasteiger partial charge in [-0.3, -0.25) is 33.6 Å². The Bertz CT molecular complexity index is 2380. The van der Waals surface area contributed by atoms with Gasteiger partial charge in [0.05, 0.1) is 30.1 Å². The van der Waals surface area contributed by atoms with E-state index in [1.807, 2.05) is 30.3 Å². The van der Waals surface area contributed by atoms with Crippen molar-refractivity contribution in [3.05, 3.63) is 67.3 Å². The largest absolute Gasteiger partial charge is 0.497 e. The number of fused-ring (bicyclic) bond motifs is 1. The van der Waals surface area contributed by atoms with Crippen molar-refractivity contribution >= 4 is 56.6 Å². The number of β-lactam (4-membered cyclic amide) rings is 1. The van der Waals surface area contributed by atoms with E-state index < -0.39 is 80.2 Å². The Hall–Kier alpha value is -6.04. The molecule has 6 amide bonds. The number of rotatable bonds is 15. The number of amides is 6. The van der Waals surface area contributed by atoms with Gasteiger partial charge in [-0.2, -0.15) is 0 Å². The Labute approximate surface area is 353 Å². The number of ether oxygens (including phenoxy) is 3. The molecule has 4 fully saturated rings. The lowest BCUT2D eigenvalue weighted by molar-refractivity contribution is -0.152. The van der Waals surface area contributed by atoms with E-state index >= 15 is 0 Å². The van der Waals surface area contributed by atoms with Gasteiger partial charge < -0.3 is 29.7 Å². The summed E-state index contributed by atoms with van der Waals surface area (Å²) >= 11 is 0. The molecule has 61 heavy (non-hydrogen) atoms. The van der Waals surface area contributed by atoms with E-state index in [1.165, 1.54) is 11.0 Å². The van der Waals surface area contributed by atoms with Crippen molar-refractivity contribution in [2.45, 2.75) is 100 Å². The monoisotopic (exact) mass is 858 g/mol. The minimum absolute atomic E-state index is 0.0732. The van der Waals surface area contributed by atoms with Crippen LogP contribution in [0.3, 0.4) is 0 Å². The maximum Gasteiger partial charge on any atom is 0.408 e. The highest BCUT2D eigenvalue weighted by molar-refractivity contribution is 7.91. The summed E-state index contributed by atoms with van der Waals surface area (Å²) in [4.78, 5) is 88.2. The van der Waals surface area contributed by atoms with E-state index in [1.54, 1.807) is 52.1 Å². The van der Waals surface area contributed by atoms with Crippen molar-refractivity contribution in [2.24, 2.45) is 5.92 Å². The van der Waals surface area contributed by atoms with Crippen molar-refractivity contribution in [2.75, 3.05) is 20.2 Å². The number of hydrogen-bond donors (Lipinski definition) is 3. The van der Waals surface area contributed by atoms with E-state index in [4.69, 9.17) is 19.2 Å². The first-order valence-electron chi connectivity index (χ1n) is 20.3. The lowest BCUT2D eigenvalue weighted by atomic mass is 10.1. The molecule has 2 aromatic carbocycles. The minimum Gasteiger partial charge on any atom is -0.497 e. The number of nitrogens with zero attached hydrogens (tertiary/aromatic N) is 3. The van der Waals surface area contributed by atoms with Gasteiger partial charge in [-0.1, -0.05) is 36.4 Å². The zero-order chi connectivity index (χ0) is 43.9. The van der Waals surface area contributed by atoms with Crippen LogP contribution in [0, 0.1) is 5.92 Å². The van der Waals surface area contributed by atoms with Crippen LogP contribution in [0.1, 0.15) is 65.7 Å². The second kappa shape index (κ2) is 16.8. The number of methoxy groups -OCH3 is 1. The van der Waals surface area contributed by atoms with Crippen molar-refractivity contribution in [1.29, 1.82) is 0 Å². The summed E-state index contributed by atoms with van der Waals surface area (Å²) in [5.41, 5.74) is -0.653. The first-order chi connectivity index (χ1) is 28.9. The van der Waals surface area contributed by atoms with Crippen LogP contribution < -0.4 is 24.8 Å².